The maximum atomic E-state index is 11.0. The Morgan fingerprint density at radius 3 is 2.52 bits per heavy atom. The average molecular weight is 475 g/mol. The van der Waals surface area contributed by atoms with Gasteiger partial charge in [0.25, 0.3) is 0 Å². The normalized spacial score (nSPS) is 30.5. The molecule has 1 aromatic heterocycles. The fraction of sp³-hybridized carbons (Fsp3) is 0.522. The monoisotopic (exact) mass is 474 g/mol. The second-order valence-electron chi connectivity index (χ2n) is 8.88. The van der Waals surface area contributed by atoms with Crippen molar-refractivity contribution in [1.29, 1.82) is 0 Å². The zero-order chi connectivity index (χ0) is 23.3. The van der Waals surface area contributed by atoms with Crippen molar-refractivity contribution in [2.24, 2.45) is 4.99 Å². The predicted octanol–water partition coefficient (Wildman–Crippen LogP) is 0.634. The van der Waals surface area contributed by atoms with Crippen LogP contribution in [0, 0.1) is 6.92 Å². The molecular weight excluding hydrogens is 444 g/mol. The van der Waals surface area contributed by atoms with E-state index in [-0.39, 0.29) is 0 Å². The minimum Gasteiger partial charge on any atom is -0.394 e. The predicted molar refractivity (Wildman–Crippen MR) is 127 cm³/mol. The van der Waals surface area contributed by atoms with Crippen LogP contribution in [0.15, 0.2) is 35.3 Å². The number of hydrogen-bond acceptors (Lipinski definition) is 10. The number of anilines is 2. The fourth-order valence-corrected chi connectivity index (χ4v) is 5.74. The summed E-state index contributed by atoms with van der Waals surface area (Å²) in [5.41, 5.74) is 2.40. The van der Waals surface area contributed by atoms with E-state index in [1.807, 2.05) is 36.1 Å². The van der Waals surface area contributed by atoms with Gasteiger partial charge in [0.15, 0.2) is 6.23 Å². The van der Waals surface area contributed by atoms with Gasteiger partial charge in [0.2, 0.25) is 0 Å². The molecule has 0 saturated carbocycles. The van der Waals surface area contributed by atoms with Crippen LogP contribution in [0.2, 0.25) is 0 Å². The van der Waals surface area contributed by atoms with Gasteiger partial charge in [-0.3, -0.25) is 0 Å². The van der Waals surface area contributed by atoms with Gasteiger partial charge in [-0.05, 0) is 32.2 Å². The summed E-state index contributed by atoms with van der Waals surface area (Å²) in [7, 11) is 2.11. The number of hydrogen-bond donors (Lipinski definition) is 4. The highest BCUT2D eigenvalue weighted by Gasteiger charge is 2.48. The molecule has 0 radical (unpaired) electrons. The van der Waals surface area contributed by atoms with E-state index in [1.165, 1.54) is 0 Å². The quantitative estimate of drug-likeness (QED) is 0.502. The van der Waals surface area contributed by atoms with Crippen LogP contribution in [-0.2, 0) is 4.74 Å². The Morgan fingerprint density at radius 1 is 1.06 bits per heavy atom. The molecule has 2 fully saturated rings. The van der Waals surface area contributed by atoms with Crippen LogP contribution in [0.3, 0.4) is 0 Å². The number of aryl methyl sites for hydroxylation is 1. The number of aliphatic hydroxyl groups is 4. The molecule has 178 valence electrons. The molecule has 5 rings (SSSR count). The van der Waals surface area contributed by atoms with Gasteiger partial charge in [-0.1, -0.05) is 12.1 Å². The topological polar surface area (TPSA) is 112 Å². The molecule has 5 atom stereocenters. The summed E-state index contributed by atoms with van der Waals surface area (Å²) < 4.78 is 5.99. The molecule has 9 nitrogen and oxygen atoms in total. The molecule has 2 saturated heterocycles. The first-order valence-electron chi connectivity index (χ1n) is 11.2. The number of aliphatic hydroxyl groups excluding tert-OH is 4. The van der Waals surface area contributed by atoms with Crippen molar-refractivity contribution < 1.29 is 25.2 Å². The van der Waals surface area contributed by atoms with Crippen LogP contribution < -0.4 is 4.90 Å². The molecule has 0 amide bonds. The lowest BCUT2D eigenvalue weighted by Gasteiger charge is -2.45. The van der Waals surface area contributed by atoms with E-state index in [0.29, 0.717) is 0 Å². The standard InChI is InChI=1S/C23H30N4O5S/c1-13-11-14-21(26-9-7-25(2)8-10-26)24-15-5-3-4-6-16(15)27(23(14)33-13)22-20(31)19(30)18(29)17(12-28)32-22/h3-6,11,17-20,22,28-31H,7-10,12H2,1-2H3/t17-,18-,19+,20-,22-/m1/s1. The summed E-state index contributed by atoms with van der Waals surface area (Å²) in [6.45, 7) is 5.14. The summed E-state index contributed by atoms with van der Waals surface area (Å²) in [6, 6.07) is 9.74. The van der Waals surface area contributed by atoms with Gasteiger partial charge >= 0.3 is 0 Å². The molecule has 0 spiro atoms. The van der Waals surface area contributed by atoms with E-state index in [0.717, 1.165) is 58.8 Å². The Hall–Kier alpha value is -2.05. The van der Waals surface area contributed by atoms with E-state index in [1.54, 1.807) is 11.3 Å². The lowest BCUT2D eigenvalue weighted by Crippen LogP contribution is -2.62. The lowest BCUT2D eigenvalue weighted by atomic mass is 9.97. The van der Waals surface area contributed by atoms with Gasteiger partial charge in [-0.2, -0.15) is 0 Å². The molecule has 33 heavy (non-hydrogen) atoms. The van der Waals surface area contributed by atoms with Crippen LogP contribution in [-0.4, -0.2) is 107 Å². The van der Waals surface area contributed by atoms with Crippen molar-refractivity contribution in [3.8, 4) is 0 Å². The van der Waals surface area contributed by atoms with Crippen molar-refractivity contribution in [3.63, 3.8) is 0 Å². The van der Waals surface area contributed by atoms with Gasteiger partial charge in [-0.25, -0.2) is 4.99 Å². The van der Waals surface area contributed by atoms with Crippen molar-refractivity contribution >= 4 is 33.5 Å². The number of rotatable bonds is 2. The molecule has 0 bridgehead atoms. The lowest BCUT2D eigenvalue weighted by molar-refractivity contribution is -0.226. The third-order valence-electron chi connectivity index (χ3n) is 6.59. The maximum Gasteiger partial charge on any atom is 0.164 e. The Kier molecular flexibility index (Phi) is 6.17. The molecule has 0 unspecified atom stereocenters. The van der Waals surface area contributed by atoms with E-state index >= 15 is 0 Å². The summed E-state index contributed by atoms with van der Waals surface area (Å²) in [5, 5.41) is 42.4. The Bertz CT molecular complexity index is 1040. The van der Waals surface area contributed by atoms with Gasteiger partial charge < -0.3 is 39.9 Å². The number of fused-ring (bicyclic) bond motifs is 2. The van der Waals surface area contributed by atoms with Crippen LogP contribution in [0.25, 0.3) is 0 Å². The number of amidine groups is 1. The molecule has 3 aliphatic heterocycles. The number of ether oxygens (including phenoxy) is 1. The summed E-state index contributed by atoms with van der Waals surface area (Å²) in [6.07, 6.45) is -6.27. The smallest absolute Gasteiger partial charge is 0.164 e. The first kappa shape index (κ1) is 22.7. The first-order chi connectivity index (χ1) is 15.9. The minimum absolute atomic E-state index is 0.476. The van der Waals surface area contributed by atoms with Crippen molar-refractivity contribution in [1.82, 2.24) is 9.80 Å². The molecule has 10 heteroatoms. The van der Waals surface area contributed by atoms with Crippen LogP contribution in [0.4, 0.5) is 16.4 Å². The third kappa shape index (κ3) is 3.95. The first-order valence-corrected chi connectivity index (χ1v) is 12.0. The van der Waals surface area contributed by atoms with Gasteiger partial charge in [0.1, 0.15) is 35.3 Å². The highest BCUT2D eigenvalue weighted by atomic mass is 32.1. The van der Waals surface area contributed by atoms with Crippen molar-refractivity contribution in [2.75, 3.05) is 44.7 Å². The molecule has 3 aliphatic rings. The Balaban J connectivity index is 1.64. The zero-order valence-corrected chi connectivity index (χ0v) is 19.5. The molecule has 1 aromatic carbocycles. The van der Waals surface area contributed by atoms with Crippen molar-refractivity contribution in [2.45, 2.75) is 37.6 Å². The number of likely N-dealkylation sites (N-methyl/N-ethyl adjacent to an activating group) is 1. The number of piperazine rings is 1. The molecule has 4 N–H and O–H groups in total. The number of benzene rings is 1. The second-order valence-corrected chi connectivity index (χ2v) is 10.1. The number of aliphatic imine (C=N–C) groups is 1. The molecule has 2 aromatic rings. The van der Waals surface area contributed by atoms with E-state index in [9.17, 15) is 20.4 Å². The summed E-state index contributed by atoms with van der Waals surface area (Å²) in [5.74, 6) is 0.877. The number of nitrogens with zero attached hydrogens (tertiary/aromatic N) is 4. The van der Waals surface area contributed by atoms with E-state index in [2.05, 4.69) is 22.9 Å². The van der Waals surface area contributed by atoms with Crippen LogP contribution in [0.1, 0.15) is 10.4 Å². The van der Waals surface area contributed by atoms with E-state index < -0.39 is 37.3 Å². The van der Waals surface area contributed by atoms with Crippen LogP contribution in [0.5, 0.6) is 0 Å². The summed E-state index contributed by atoms with van der Waals surface area (Å²) in [4.78, 5) is 12.6. The Morgan fingerprint density at radius 2 is 1.79 bits per heavy atom. The SMILES string of the molecule is Cc1cc2c(s1)N([C@@H]1O[C@H](CO)[C@@H](O)[C@H](O)[C@H]1O)c1ccccc1N=C2N1CCN(C)CC1. The van der Waals surface area contributed by atoms with Gasteiger partial charge in [0, 0.05) is 31.1 Å². The molecule has 0 aliphatic carbocycles. The van der Waals surface area contributed by atoms with Crippen molar-refractivity contribution in [3.05, 3.63) is 40.8 Å². The van der Waals surface area contributed by atoms with Gasteiger partial charge in [-0.15, -0.1) is 11.3 Å². The highest BCUT2D eigenvalue weighted by Crippen LogP contribution is 2.47. The average Bonchev–Trinajstić information content (AvgIpc) is 3.14. The fourth-order valence-electron chi connectivity index (χ4n) is 4.69. The van der Waals surface area contributed by atoms with E-state index in [4.69, 9.17) is 9.73 Å². The number of thiophene rings is 1. The number of para-hydroxylation sites is 2. The third-order valence-corrected chi connectivity index (χ3v) is 7.64. The maximum absolute atomic E-state index is 11.0. The summed E-state index contributed by atoms with van der Waals surface area (Å²) >= 11 is 1.56. The second kappa shape index (κ2) is 8.95. The molecular formula is C23H30N4O5S. The highest BCUT2D eigenvalue weighted by molar-refractivity contribution is 7.16. The zero-order valence-electron chi connectivity index (χ0n) is 18.7. The largest absolute Gasteiger partial charge is 0.394 e. The van der Waals surface area contributed by atoms with Crippen LogP contribution >= 0.6 is 11.3 Å². The van der Waals surface area contributed by atoms with Gasteiger partial charge in [0.05, 0.1) is 23.5 Å². The minimum atomic E-state index is -1.46. The molecule has 4 heterocycles. The Labute approximate surface area is 196 Å².